The first kappa shape index (κ1) is 18.2. The molecule has 2 aliphatic heterocycles. The van der Waals surface area contributed by atoms with Crippen molar-refractivity contribution in [1.82, 2.24) is 10.2 Å². The van der Waals surface area contributed by atoms with Crippen molar-refractivity contribution in [3.05, 3.63) is 35.4 Å². The lowest BCUT2D eigenvalue weighted by Gasteiger charge is -2.33. The Kier molecular flexibility index (Phi) is 4.34. The molecule has 6 nitrogen and oxygen atoms in total. The monoisotopic (exact) mass is 370 g/mol. The van der Waals surface area contributed by atoms with E-state index in [0.717, 1.165) is 43.2 Å². The minimum Gasteiger partial charge on any atom is -0.480 e. The maximum absolute atomic E-state index is 13.4. The summed E-state index contributed by atoms with van der Waals surface area (Å²) in [5.74, 6) is -3.14. The lowest BCUT2D eigenvalue weighted by Crippen LogP contribution is -2.54. The molecular formula is C21H26N2O4. The zero-order valence-corrected chi connectivity index (χ0v) is 15.8. The van der Waals surface area contributed by atoms with Gasteiger partial charge in [-0.15, -0.1) is 0 Å². The number of carbonyl (C=O) groups is 3. The minimum absolute atomic E-state index is 0.0834. The van der Waals surface area contributed by atoms with Gasteiger partial charge in [-0.3, -0.25) is 24.6 Å². The summed E-state index contributed by atoms with van der Waals surface area (Å²) in [7, 11) is 0. The number of imide groups is 1. The first-order valence-electron chi connectivity index (χ1n) is 9.80. The molecule has 2 heterocycles. The molecule has 1 saturated carbocycles. The highest BCUT2D eigenvalue weighted by atomic mass is 16.4. The van der Waals surface area contributed by atoms with E-state index in [1.54, 1.807) is 6.92 Å². The second-order valence-corrected chi connectivity index (χ2v) is 8.33. The quantitative estimate of drug-likeness (QED) is 0.798. The molecule has 6 heteroatoms. The fourth-order valence-corrected chi connectivity index (χ4v) is 5.26. The van der Waals surface area contributed by atoms with Crippen molar-refractivity contribution in [2.24, 2.45) is 11.8 Å². The molecule has 144 valence electrons. The third-order valence-electron chi connectivity index (χ3n) is 6.73. The molecule has 0 radical (unpaired) electrons. The number of hydrogen-bond donors (Lipinski definition) is 2. The predicted octanol–water partition coefficient (Wildman–Crippen LogP) is 2.42. The highest BCUT2D eigenvalue weighted by Crippen LogP contribution is 2.50. The van der Waals surface area contributed by atoms with Gasteiger partial charge in [0, 0.05) is 12.1 Å². The van der Waals surface area contributed by atoms with Crippen LogP contribution in [0.25, 0.3) is 0 Å². The zero-order chi connectivity index (χ0) is 19.3. The van der Waals surface area contributed by atoms with Crippen molar-refractivity contribution in [2.75, 3.05) is 0 Å². The van der Waals surface area contributed by atoms with E-state index in [9.17, 15) is 19.5 Å². The van der Waals surface area contributed by atoms with E-state index in [-0.39, 0.29) is 17.9 Å². The molecule has 3 aliphatic rings. The van der Waals surface area contributed by atoms with Gasteiger partial charge >= 0.3 is 5.97 Å². The lowest BCUT2D eigenvalue weighted by molar-refractivity contribution is -0.151. The second kappa shape index (κ2) is 6.44. The molecular weight excluding hydrogens is 344 g/mol. The van der Waals surface area contributed by atoms with Crippen LogP contribution >= 0.6 is 0 Å². The molecule has 4 rings (SSSR count). The van der Waals surface area contributed by atoms with Gasteiger partial charge in [0.05, 0.1) is 11.8 Å². The molecule has 3 fully saturated rings. The van der Waals surface area contributed by atoms with Crippen LogP contribution in [0.3, 0.4) is 0 Å². The number of rotatable bonds is 3. The van der Waals surface area contributed by atoms with Crippen LogP contribution in [0.1, 0.15) is 56.2 Å². The van der Waals surface area contributed by atoms with Crippen molar-refractivity contribution >= 4 is 17.8 Å². The standard InChI is InChI=1S/C21H26N2O4/c1-12-8-6-7-11-14(12)17-15-16(21(2,22-17)20(26)27)19(25)23(18(15)24)13-9-4-3-5-10-13/h6-8,11,13,15-17,22H,3-5,9-10H2,1-2H3,(H,26,27). The summed E-state index contributed by atoms with van der Waals surface area (Å²) in [6.45, 7) is 3.49. The van der Waals surface area contributed by atoms with E-state index in [2.05, 4.69) is 5.32 Å². The van der Waals surface area contributed by atoms with Gasteiger partial charge in [-0.05, 0) is 37.8 Å². The van der Waals surface area contributed by atoms with Crippen LogP contribution in [0.15, 0.2) is 24.3 Å². The summed E-state index contributed by atoms with van der Waals surface area (Å²) >= 11 is 0. The minimum atomic E-state index is -1.45. The molecule has 1 aromatic rings. The van der Waals surface area contributed by atoms with E-state index in [4.69, 9.17) is 0 Å². The molecule has 4 unspecified atom stereocenters. The van der Waals surface area contributed by atoms with Crippen LogP contribution in [-0.4, -0.2) is 39.4 Å². The van der Waals surface area contributed by atoms with Crippen LogP contribution in [0.2, 0.25) is 0 Å². The number of likely N-dealkylation sites (tertiary alicyclic amines) is 1. The Labute approximate surface area is 158 Å². The van der Waals surface area contributed by atoms with E-state index in [1.165, 1.54) is 4.90 Å². The van der Waals surface area contributed by atoms with Gasteiger partial charge in [0.15, 0.2) is 0 Å². The van der Waals surface area contributed by atoms with E-state index in [1.807, 2.05) is 31.2 Å². The molecule has 27 heavy (non-hydrogen) atoms. The molecule has 0 bridgehead atoms. The molecule has 1 aliphatic carbocycles. The van der Waals surface area contributed by atoms with Crippen molar-refractivity contribution in [3.63, 3.8) is 0 Å². The van der Waals surface area contributed by atoms with Crippen LogP contribution in [0.5, 0.6) is 0 Å². The number of benzene rings is 1. The zero-order valence-electron chi connectivity index (χ0n) is 15.8. The van der Waals surface area contributed by atoms with Crippen molar-refractivity contribution in [1.29, 1.82) is 0 Å². The first-order chi connectivity index (χ1) is 12.9. The lowest BCUT2D eigenvalue weighted by atomic mass is 9.80. The van der Waals surface area contributed by atoms with Gasteiger partial charge in [0.25, 0.3) is 0 Å². The maximum Gasteiger partial charge on any atom is 0.324 e. The van der Waals surface area contributed by atoms with E-state index >= 15 is 0 Å². The van der Waals surface area contributed by atoms with Gasteiger partial charge < -0.3 is 5.11 Å². The number of nitrogens with zero attached hydrogens (tertiary/aromatic N) is 1. The molecule has 1 aromatic carbocycles. The fourth-order valence-electron chi connectivity index (χ4n) is 5.26. The van der Waals surface area contributed by atoms with Crippen LogP contribution in [0.4, 0.5) is 0 Å². The van der Waals surface area contributed by atoms with Gasteiger partial charge in [0.2, 0.25) is 11.8 Å². The van der Waals surface area contributed by atoms with Gasteiger partial charge in [-0.2, -0.15) is 0 Å². The Morgan fingerprint density at radius 1 is 1.15 bits per heavy atom. The number of carboxylic acid groups (broad SMARTS) is 1. The van der Waals surface area contributed by atoms with Gasteiger partial charge in [-0.1, -0.05) is 43.5 Å². The smallest absolute Gasteiger partial charge is 0.324 e. The number of nitrogens with one attached hydrogen (secondary N) is 1. The SMILES string of the molecule is Cc1ccccc1C1NC(C)(C(=O)O)C2C(=O)N(C3CCCCC3)C(=O)C12. The average Bonchev–Trinajstić information content (AvgIpc) is 3.11. The molecule has 4 atom stereocenters. The van der Waals surface area contributed by atoms with Crippen molar-refractivity contribution in [2.45, 2.75) is 63.6 Å². The summed E-state index contributed by atoms with van der Waals surface area (Å²) < 4.78 is 0. The maximum atomic E-state index is 13.4. The van der Waals surface area contributed by atoms with Crippen LogP contribution in [0, 0.1) is 18.8 Å². The highest BCUT2D eigenvalue weighted by molar-refractivity contribution is 6.09. The number of aliphatic carboxylic acids is 1. The Balaban J connectivity index is 1.78. The topological polar surface area (TPSA) is 86.7 Å². The molecule has 0 spiro atoms. The summed E-state index contributed by atoms with van der Waals surface area (Å²) in [6, 6.07) is 7.11. The first-order valence-corrected chi connectivity index (χ1v) is 9.80. The third kappa shape index (κ3) is 2.61. The number of carboxylic acids is 1. The summed E-state index contributed by atoms with van der Waals surface area (Å²) in [5, 5.41) is 13.1. The second-order valence-electron chi connectivity index (χ2n) is 8.33. The summed E-state index contributed by atoms with van der Waals surface area (Å²) in [5.41, 5.74) is 0.428. The largest absolute Gasteiger partial charge is 0.480 e. The number of amides is 2. The van der Waals surface area contributed by atoms with E-state index < -0.39 is 29.4 Å². The fraction of sp³-hybridized carbons (Fsp3) is 0.571. The number of hydrogen-bond acceptors (Lipinski definition) is 4. The van der Waals surface area contributed by atoms with Crippen LogP contribution in [-0.2, 0) is 14.4 Å². The summed E-state index contributed by atoms with van der Waals surface area (Å²) in [6.07, 6.45) is 4.78. The Hall–Kier alpha value is -2.21. The van der Waals surface area contributed by atoms with Crippen LogP contribution < -0.4 is 5.32 Å². The highest BCUT2D eigenvalue weighted by Gasteiger charge is 2.67. The Morgan fingerprint density at radius 2 is 1.81 bits per heavy atom. The Bertz CT molecular complexity index is 801. The van der Waals surface area contributed by atoms with E-state index in [0.29, 0.717) is 0 Å². The van der Waals surface area contributed by atoms with Gasteiger partial charge in [-0.25, -0.2) is 0 Å². The number of carbonyl (C=O) groups excluding carboxylic acids is 2. The molecule has 0 aromatic heterocycles. The van der Waals surface area contributed by atoms with Crippen molar-refractivity contribution < 1.29 is 19.5 Å². The average molecular weight is 370 g/mol. The summed E-state index contributed by atoms with van der Waals surface area (Å²) in [4.78, 5) is 40.2. The number of fused-ring (bicyclic) bond motifs is 1. The molecule has 2 saturated heterocycles. The molecule has 2 amide bonds. The predicted molar refractivity (Wildman–Crippen MR) is 98.8 cm³/mol. The van der Waals surface area contributed by atoms with Crippen molar-refractivity contribution in [3.8, 4) is 0 Å². The van der Waals surface area contributed by atoms with Gasteiger partial charge in [0.1, 0.15) is 5.54 Å². The number of aryl methyl sites for hydroxylation is 1. The normalized spacial score (nSPS) is 34.1. The third-order valence-corrected chi connectivity index (χ3v) is 6.73. The Morgan fingerprint density at radius 3 is 2.44 bits per heavy atom. The molecule has 2 N–H and O–H groups in total.